The van der Waals surface area contributed by atoms with Crippen LogP contribution in [0.3, 0.4) is 0 Å². The van der Waals surface area contributed by atoms with Crippen molar-refractivity contribution in [2.45, 2.75) is 6.92 Å². The highest BCUT2D eigenvalue weighted by Gasteiger charge is 2.30. The molecule has 1 aromatic heterocycles. The van der Waals surface area contributed by atoms with Gasteiger partial charge in [-0.05, 0) is 42.8 Å². The number of aromatic amines is 1. The number of H-pyrrole nitrogens is 1. The molecule has 6 nitrogen and oxygen atoms in total. The average molecular weight is 363 g/mol. The molecule has 3 aromatic rings. The lowest BCUT2D eigenvalue weighted by atomic mass is 9.93. The first-order valence-electron chi connectivity index (χ1n) is 8.38. The molecule has 0 saturated carbocycles. The van der Waals surface area contributed by atoms with Gasteiger partial charge in [-0.3, -0.25) is 4.79 Å². The Labute approximate surface area is 153 Å². The van der Waals surface area contributed by atoms with E-state index in [2.05, 4.69) is 15.3 Å². The van der Waals surface area contributed by atoms with Crippen molar-refractivity contribution in [2.24, 2.45) is 0 Å². The first kappa shape index (κ1) is 15.6. The van der Waals surface area contributed by atoms with Crippen LogP contribution in [0.2, 0.25) is 0 Å². The van der Waals surface area contributed by atoms with E-state index in [0.29, 0.717) is 45.1 Å². The monoisotopic (exact) mass is 363 g/mol. The number of halogens is 1. The fourth-order valence-electron chi connectivity index (χ4n) is 3.39. The molecule has 1 amide bonds. The van der Waals surface area contributed by atoms with Crippen molar-refractivity contribution in [2.75, 3.05) is 12.1 Å². The van der Waals surface area contributed by atoms with Gasteiger partial charge in [0.1, 0.15) is 5.82 Å². The summed E-state index contributed by atoms with van der Waals surface area (Å²) in [5.41, 5.74) is 3.85. The number of benzene rings is 2. The van der Waals surface area contributed by atoms with Crippen LogP contribution in [-0.2, 0) is 4.79 Å². The quantitative estimate of drug-likeness (QED) is 0.680. The summed E-state index contributed by atoms with van der Waals surface area (Å²) in [4.78, 5) is 19.8. The number of carbonyl (C=O) groups excluding carboxylic acids is 1. The predicted molar refractivity (Wildman–Crippen MR) is 97.8 cm³/mol. The smallest absolute Gasteiger partial charge is 0.256 e. The molecule has 134 valence electrons. The number of imidazole rings is 1. The van der Waals surface area contributed by atoms with Gasteiger partial charge in [-0.25, -0.2) is 9.37 Å². The van der Waals surface area contributed by atoms with E-state index in [4.69, 9.17) is 9.47 Å². The van der Waals surface area contributed by atoms with E-state index in [0.717, 1.165) is 5.69 Å². The Balaban J connectivity index is 1.73. The lowest BCUT2D eigenvalue weighted by Gasteiger charge is -2.11. The van der Waals surface area contributed by atoms with Gasteiger partial charge in [0, 0.05) is 22.5 Å². The number of nitrogens with zero attached hydrogens (tertiary/aromatic N) is 1. The molecular formula is C20H14FN3O3. The highest BCUT2D eigenvalue weighted by molar-refractivity contribution is 6.36. The van der Waals surface area contributed by atoms with Crippen LogP contribution in [0.1, 0.15) is 17.0 Å². The molecule has 0 saturated heterocycles. The van der Waals surface area contributed by atoms with Crippen molar-refractivity contribution in [3.8, 4) is 22.6 Å². The van der Waals surface area contributed by atoms with Crippen molar-refractivity contribution < 1.29 is 18.7 Å². The molecule has 3 heterocycles. The van der Waals surface area contributed by atoms with Crippen molar-refractivity contribution in [1.29, 1.82) is 0 Å². The molecule has 2 aliphatic heterocycles. The topological polar surface area (TPSA) is 76.2 Å². The maximum absolute atomic E-state index is 14.9. The number of nitrogens with one attached hydrogen (secondary N) is 2. The van der Waals surface area contributed by atoms with Gasteiger partial charge in [0.25, 0.3) is 5.91 Å². The zero-order chi connectivity index (χ0) is 18.5. The number of hydrogen-bond acceptors (Lipinski definition) is 4. The number of carbonyl (C=O) groups is 1. The molecule has 27 heavy (non-hydrogen) atoms. The minimum atomic E-state index is -0.422. The number of anilines is 1. The number of hydrogen-bond donors (Lipinski definition) is 2. The number of rotatable bonds is 2. The largest absolute Gasteiger partial charge is 0.454 e. The van der Waals surface area contributed by atoms with E-state index >= 15 is 0 Å². The summed E-state index contributed by atoms with van der Waals surface area (Å²) >= 11 is 0. The van der Waals surface area contributed by atoms with Gasteiger partial charge in [-0.2, -0.15) is 0 Å². The summed E-state index contributed by atoms with van der Waals surface area (Å²) in [6.45, 7) is 2.00. The molecule has 2 aliphatic rings. The Hall–Kier alpha value is -3.61. The summed E-state index contributed by atoms with van der Waals surface area (Å²) < 4.78 is 25.6. The zero-order valence-corrected chi connectivity index (χ0v) is 14.3. The van der Waals surface area contributed by atoms with E-state index in [1.165, 1.54) is 6.07 Å². The van der Waals surface area contributed by atoms with Crippen LogP contribution in [-0.4, -0.2) is 22.7 Å². The van der Waals surface area contributed by atoms with Crippen molar-refractivity contribution in [3.05, 3.63) is 59.4 Å². The minimum Gasteiger partial charge on any atom is -0.454 e. The van der Waals surface area contributed by atoms with Gasteiger partial charge in [-0.15, -0.1) is 0 Å². The first-order valence-corrected chi connectivity index (χ1v) is 8.38. The van der Waals surface area contributed by atoms with Crippen molar-refractivity contribution in [1.82, 2.24) is 9.97 Å². The minimum absolute atomic E-state index is 0.137. The van der Waals surface area contributed by atoms with Crippen LogP contribution in [0, 0.1) is 12.7 Å². The van der Waals surface area contributed by atoms with Gasteiger partial charge in [0.05, 0.1) is 17.6 Å². The highest BCUT2D eigenvalue weighted by Crippen LogP contribution is 2.44. The standard InChI is InChI=1S/C20H14FN3O3/c1-10-15(23-8-22-10)7-12-19-14(24-20(12)25)4-3-13(21)18(19)11-2-5-16-17(6-11)27-9-26-16/h2-8H,9H2,1H3,(H,22,23)(H,24,25). The molecule has 2 aromatic carbocycles. The van der Waals surface area contributed by atoms with Crippen LogP contribution in [0.25, 0.3) is 22.8 Å². The van der Waals surface area contributed by atoms with Gasteiger partial charge < -0.3 is 19.8 Å². The lowest BCUT2D eigenvalue weighted by molar-refractivity contribution is -0.110. The normalized spacial score (nSPS) is 15.9. The third-order valence-electron chi connectivity index (χ3n) is 4.73. The summed E-state index contributed by atoms with van der Waals surface area (Å²) in [5.74, 6) is 0.452. The van der Waals surface area contributed by atoms with Crippen LogP contribution >= 0.6 is 0 Å². The second kappa shape index (κ2) is 5.70. The maximum atomic E-state index is 14.9. The lowest BCUT2D eigenvalue weighted by Crippen LogP contribution is -2.03. The molecule has 0 aliphatic carbocycles. The number of aryl methyl sites for hydroxylation is 1. The summed E-state index contributed by atoms with van der Waals surface area (Å²) in [6.07, 6.45) is 3.22. The third-order valence-corrected chi connectivity index (χ3v) is 4.73. The van der Waals surface area contributed by atoms with Crippen LogP contribution < -0.4 is 14.8 Å². The fraction of sp³-hybridized carbons (Fsp3) is 0.100. The Morgan fingerprint density at radius 2 is 2.00 bits per heavy atom. The van der Waals surface area contributed by atoms with E-state index < -0.39 is 5.82 Å². The zero-order valence-electron chi connectivity index (χ0n) is 14.3. The Kier molecular flexibility index (Phi) is 3.30. The average Bonchev–Trinajstić information content (AvgIpc) is 3.35. The molecule has 2 N–H and O–H groups in total. The molecule has 0 unspecified atom stereocenters. The highest BCUT2D eigenvalue weighted by atomic mass is 19.1. The van der Waals surface area contributed by atoms with Crippen molar-refractivity contribution in [3.63, 3.8) is 0 Å². The fourth-order valence-corrected chi connectivity index (χ4v) is 3.39. The maximum Gasteiger partial charge on any atom is 0.256 e. The van der Waals surface area contributed by atoms with E-state index in [-0.39, 0.29) is 12.7 Å². The van der Waals surface area contributed by atoms with Gasteiger partial charge in [0.2, 0.25) is 6.79 Å². The number of amides is 1. The second-order valence-electron chi connectivity index (χ2n) is 6.34. The van der Waals surface area contributed by atoms with Crippen molar-refractivity contribution >= 4 is 23.2 Å². The number of fused-ring (bicyclic) bond motifs is 2. The molecule has 5 rings (SSSR count). The van der Waals surface area contributed by atoms with Crippen LogP contribution in [0.5, 0.6) is 11.5 Å². The van der Waals surface area contributed by atoms with E-state index in [1.807, 2.05) is 6.92 Å². The van der Waals surface area contributed by atoms with E-state index in [1.54, 1.807) is 36.7 Å². The molecule has 0 bridgehead atoms. The Morgan fingerprint density at radius 1 is 1.15 bits per heavy atom. The summed E-state index contributed by atoms with van der Waals surface area (Å²) in [6, 6.07) is 8.13. The number of aromatic nitrogens is 2. The summed E-state index contributed by atoms with van der Waals surface area (Å²) in [7, 11) is 0. The third kappa shape index (κ3) is 2.39. The van der Waals surface area contributed by atoms with E-state index in [9.17, 15) is 9.18 Å². The molecule has 0 atom stereocenters. The summed E-state index contributed by atoms with van der Waals surface area (Å²) in [5, 5.41) is 2.80. The van der Waals surface area contributed by atoms with Crippen LogP contribution in [0.4, 0.5) is 10.1 Å². The Bertz CT molecular complexity index is 1130. The predicted octanol–water partition coefficient (Wildman–Crippen LogP) is 3.75. The van der Waals surface area contributed by atoms with Gasteiger partial charge in [-0.1, -0.05) is 6.07 Å². The SMILES string of the molecule is Cc1[nH]cnc1C=C1C(=O)Nc2ccc(F)c(-c3ccc4c(c3)OCO4)c21. The molecule has 0 spiro atoms. The molecule has 0 fully saturated rings. The Morgan fingerprint density at radius 3 is 2.81 bits per heavy atom. The molecule has 0 radical (unpaired) electrons. The van der Waals surface area contributed by atoms with Gasteiger partial charge in [0.15, 0.2) is 11.5 Å². The van der Waals surface area contributed by atoms with Crippen LogP contribution in [0.15, 0.2) is 36.7 Å². The molecular weight excluding hydrogens is 349 g/mol. The second-order valence-corrected chi connectivity index (χ2v) is 6.34. The molecule has 7 heteroatoms. The van der Waals surface area contributed by atoms with Gasteiger partial charge >= 0.3 is 0 Å². The first-order chi connectivity index (χ1) is 13.1. The number of ether oxygens (including phenoxy) is 2.